The number of nitrogens with zero attached hydrogens (tertiary/aromatic N) is 1. The van der Waals surface area contributed by atoms with Crippen molar-refractivity contribution in [3.05, 3.63) is 72.3 Å². The average molecular weight is 416 g/mol. The maximum absolute atomic E-state index is 12.7. The molecule has 0 unspecified atom stereocenters. The van der Waals surface area contributed by atoms with E-state index in [1.807, 2.05) is 30.3 Å². The molecule has 2 aromatic carbocycles. The maximum Gasteiger partial charge on any atom is 0.233 e. The van der Waals surface area contributed by atoms with Crippen LogP contribution >= 0.6 is 0 Å². The van der Waals surface area contributed by atoms with Crippen molar-refractivity contribution in [2.45, 2.75) is 19.4 Å². The van der Waals surface area contributed by atoms with Crippen LogP contribution in [0.1, 0.15) is 18.4 Å². The van der Waals surface area contributed by atoms with Crippen LogP contribution < -0.4 is 10.1 Å². The molecular weight excluding hydrogens is 392 g/mol. The molecule has 3 amide bonds. The zero-order chi connectivity index (χ0) is 21.4. The number of anilines is 1. The molecule has 158 valence electrons. The van der Waals surface area contributed by atoms with Crippen LogP contribution in [0.25, 0.3) is 0 Å². The number of likely N-dealkylation sites (tertiary alicyclic amines) is 1. The van der Waals surface area contributed by atoms with Gasteiger partial charge in [-0.15, -0.1) is 0 Å². The Labute approximate surface area is 180 Å². The molecule has 1 heterocycles. The fourth-order valence-electron chi connectivity index (χ4n) is 5.00. The number of ether oxygens (including phenoxy) is 1. The van der Waals surface area contributed by atoms with Crippen molar-refractivity contribution in [1.82, 2.24) is 4.90 Å². The molecule has 0 spiro atoms. The van der Waals surface area contributed by atoms with E-state index in [2.05, 4.69) is 17.5 Å². The lowest BCUT2D eigenvalue weighted by Gasteiger charge is -2.17. The Balaban J connectivity index is 1.11. The summed E-state index contributed by atoms with van der Waals surface area (Å²) in [6.45, 7) is 0.609. The smallest absolute Gasteiger partial charge is 0.233 e. The van der Waals surface area contributed by atoms with Crippen LogP contribution in [0.15, 0.2) is 66.7 Å². The van der Waals surface area contributed by atoms with Crippen molar-refractivity contribution in [3.8, 4) is 5.75 Å². The van der Waals surface area contributed by atoms with Crippen molar-refractivity contribution in [3.63, 3.8) is 0 Å². The first kappa shape index (κ1) is 19.5. The number of nitrogens with one attached hydrogen (secondary N) is 1. The Bertz CT molecular complexity index is 1000. The Morgan fingerprint density at radius 1 is 0.935 bits per heavy atom. The molecule has 31 heavy (non-hydrogen) atoms. The number of allylic oxidation sites excluding steroid dienone is 2. The summed E-state index contributed by atoms with van der Waals surface area (Å²) >= 11 is 0. The van der Waals surface area contributed by atoms with Gasteiger partial charge in [0.25, 0.3) is 0 Å². The van der Waals surface area contributed by atoms with Crippen molar-refractivity contribution < 1.29 is 19.1 Å². The van der Waals surface area contributed by atoms with E-state index in [9.17, 15) is 14.4 Å². The minimum atomic E-state index is -0.225. The van der Waals surface area contributed by atoms with E-state index in [1.54, 1.807) is 24.3 Å². The van der Waals surface area contributed by atoms with E-state index in [-0.39, 0.29) is 54.4 Å². The minimum absolute atomic E-state index is 0.0892. The SMILES string of the molecule is O=C(CCN1C(=O)[C@H]2[C@H](C1=O)[C@H]1C=C[C@H]2C1)Nc1ccc(OCc2ccccc2)cc1. The number of benzene rings is 2. The first-order chi connectivity index (χ1) is 15.1. The molecule has 1 N–H and O–H groups in total. The van der Waals surface area contributed by atoms with Crippen LogP contribution in [-0.2, 0) is 21.0 Å². The summed E-state index contributed by atoms with van der Waals surface area (Å²) in [5, 5.41) is 2.82. The van der Waals surface area contributed by atoms with Crippen LogP contribution in [0.4, 0.5) is 5.69 Å². The van der Waals surface area contributed by atoms with E-state index >= 15 is 0 Å². The molecule has 0 aromatic heterocycles. The summed E-state index contributed by atoms with van der Waals surface area (Å²) in [7, 11) is 0. The van der Waals surface area contributed by atoms with E-state index < -0.39 is 0 Å². The van der Waals surface area contributed by atoms with Gasteiger partial charge >= 0.3 is 0 Å². The molecule has 4 atom stereocenters. The third-order valence-electron chi connectivity index (χ3n) is 6.51. The van der Waals surface area contributed by atoms with Crippen LogP contribution in [-0.4, -0.2) is 29.2 Å². The van der Waals surface area contributed by atoms with Gasteiger partial charge in [0.15, 0.2) is 0 Å². The largest absolute Gasteiger partial charge is 0.489 e. The molecule has 1 saturated carbocycles. The number of fused-ring (bicyclic) bond motifs is 5. The van der Waals surface area contributed by atoms with Crippen molar-refractivity contribution >= 4 is 23.4 Å². The zero-order valence-corrected chi connectivity index (χ0v) is 17.1. The van der Waals surface area contributed by atoms with E-state index in [1.165, 1.54) is 4.90 Å². The van der Waals surface area contributed by atoms with Crippen LogP contribution in [0.2, 0.25) is 0 Å². The number of carbonyl (C=O) groups excluding carboxylic acids is 3. The standard InChI is InChI=1S/C25H24N2O4/c28-21(12-13-27-24(29)22-17-6-7-18(14-17)23(22)25(27)30)26-19-8-10-20(11-9-19)31-15-16-4-2-1-3-5-16/h1-11,17-18,22-23H,12-15H2,(H,26,28)/t17-,18-,22+,23+/m0/s1. The van der Waals surface area contributed by atoms with Crippen LogP contribution in [0, 0.1) is 23.7 Å². The van der Waals surface area contributed by atoms with Gasteiger partial charge < -0.3 is 10.1 Å². The van der Waals surface area contributed by atoms with Gasteiger partial charge in [0.1, 0.15) is 12.4 Å². The quantitative estimate of drug-likeness (QED) is 0.555. The first-order valence-electron chi connectivity index (χ1n) is 10.7. The number of amides is 3. The third-order valence-corrected chi connectivity index (χ3v) is 6.51. The molecule has 1 aliphatic heterocycles. The number of hydrogen-bond acceptors (Lipinski definition) is 4. The van der Waals surface area contributed by atoms with E-state index in [4.69, 9.17) is 4.74 Å². The monoisotopic (exact) mass is 416 g/mol. The number of hydrogen-bond donors (Lipinski definition) is 1. The van der Waals surface area contributed by atoms with E-state index in [0.29, 0.717) is 18.0 Å². The Morgan fingerprint density at radius 3 is 2.23 bits per heavy atom. The predicted molar refractivity (Wildman–Crippen MR) is 115 cm³/mol. The highest BCUT2D eigenvalue weighted by Crippen LogP contribution is 2.52. The van der Waals surface area contributed by atoms with Gasteiger partial charge in [0, 0.05) is 18.7 Å². The lowest BCUT2D eigenvalue weighted by atomic mass is 9.85. The lowest BCUT2D eigenvalue weighted by Crippen LogP contribution is -2.35. The summed E-state index contributed by atoms with van der Waals surface area (Å²) in [4.78, 5) is 39.0. The highest BCUT2D eigenvalue weighted by Gasteiger charge is 2.58. The van der Waals surface area contributed by atoms with Gasteiger partial charge in [0.05, 0.1) is 11.8 Å². The molecular formula is C25H24N2O4. The number of carbonyl (C=O) groups is 3. The Morgan fingerprint density at radius 2 is 1.58 bits per heavy atom. The maximum atomic E-state index is 12.7. The average Bonchev–Trinajstić information content (AvgIpc) is 3.47. The zero-order valence-electron chi connectivity index (χ0n) is 17.1. The number of rotatable bonds is 7. The molecule has 1 saturated heterocycles. The highest BCUT2D eigenvalue weighted by atomic mass is 16.5. The van der Waals surface area contributed by atoms with E-state index in [0.717, 1.165) is 12.0 Å². The first-order valence-corrected chi connectivity index (χ1v) is 10.7. The molecule has 2 fully saturated rings. The van der Waals surface area contributed by atoms with Crippen LogP contribution in [0.3, 0.4) is 0 Å². The second kappa shape index (κ2) is 8.02. The molecule has 2 aliphatic carbocycles. The topological polar surface area (TPSA) is 75.7 Å². The van der Waals surface area contributed by atoms with Gasteiger partial charge in [-0.1, -0.05) is 42.5 Å². The second-order valence-electron chi connectivity index (χ2n) is 8.42. The molecule has 0 radical (unpaired) electrons. The lowest BCUT2D eigenvalue weighted by molar-refractivity contribution is -0.140. The molecule has 2 bridgehead atoms. The van der Waals surface area contributed by atoms with Crippen molar-refractivity contribution in [1.29, 1.82) is 0 Å². The molecule has 6 nitrogen and oxygen atoms in total. The minimum Gasteiger partial charge on any atom is -0.489 e. The van der Waals surface area contributed by atoms with Crippen LogP contribution in [0.5, 0.6) is 5.75 Å². The molecule has 3 aliphatic rings. The second-order valence-corrected chi connectivity index (χ2v) is 8.42. The predicted octanol–water partition coefficient (Wildman–Crippen LogP) is 3.40. The Hall–Kier alpha value is -3.41. The summed E-state index contributed by atoms with van der Waals surface area (Å²) in [6, 6.07) is 17.0. The normalized spacial score (nSPS) is 25.7. The van der Waals surface area contributed by atoms with Gasteiger partial charge in [-0.2, -0.15) is 0 Å². The Kier molecular flexibility index (Phi) is 5.06. The number of imide groups is 1. The van der Waals surface area contributed by atoms with Crippen molar-refractivity contribution in [2.24, 2.45) is 23.7 Å². The summed E-state index contributed by atoms with van der Waals surface area (Å²) in [5.41, 5.74) is 1.73. The highest BCUT2D eigenvalue weighted by molar-refractivity contribution is 6.06. The molecule has 6 heteroatoms. The van der Waals surface area contributed by atoms with Crippen molar-refractivity contribution in [2.75, 3.05) is 11.9 Å². The summed E-state index contributed by atoms with van der Waals surface area (Å²) in [5.74, 6) is 0.213. The third kappa shape index (κ3) is 3.74. The van der Waals surface area contributed by atoms with Gasteiger partial charge in [-0.3, -0.25) is 19.3 Å². The fraction of sp³-hybridized carbons (Fsp3) is 0.320. The fourth-order valence-corrected chi connectivity index (χ4v) is 5.00. The van der Waals surface area contributed by atoms with Gasteiger partial charge in [-0.25, -0.2) is 0 Å². The summed E-state index contributed by atoms with van der Waals surface area (Å²) < 4.78 is 5.75. The van der Waals surface area contributed by atoms with Gasteiger partial charge in [-0.05, 0) is 48.1 Å². The molecule has 2 aromatic rings. The van der Waals surface area contributed by atoms with Gasteiger partial charge in [0.2, 0.25) is 17.7 Å². The molecule has 5 rings (SSSR count). The summed E-state index contributed by atoms with van der Waals surface area (Å²) in [6.07, 6.45) is 5.14.